The van der Waals surface area contributed by atoms with Crippen LogP contribution in [0.25, 0.3) is 0 Å². The first kappa shape index (κ1) is 17.2. The number of nitrogens with zero attached hydrogens (tertiary/aromatic N) is 1. The number of amides is 1. The molecular formula is C20H27FN2O. The zero-order valence-corrected chi connectivity index (χ0v) is 14.3. The molecule has 3 nitrogen and oxygen atoms in total. The minimum absolute atomic E-state index is 0.103. The number of halogens is 1. The van der Waals surface area contributed by atoms with Gasteiger partial charge in [-0.1, -0.05) is 29.8 Å². The average molecular weight is 330 g/mol. The van der Waals surface area contributed by atoms with Gasteiger partial charge in [0.1, 0.15) is 5.82 Å². The van der Waals surface area contributed by atoms with Crippen LogP contribution in [0.4, 0.5) is 4.39 Å². The van der Waals surface area contributed by atoms with Gasteiger partial charge in [-0.2, -0.15) is 0 Å². The summed E-state index contributed by atoms with van der Waals surface area (Å²) in [5.74, 6) is 0.149. The number of allylic oxidation sites excluding steroid dienone is 1. The van der Waals surface area contributed by atoms with Crippen LogP contribution in [-0.2, 0) is 11.3 Å². The van der Waals surface area contributed by atoms with E-state index < -0.39 is 0 Å². The van der Waals surface area contributed by atoms with Crippen LogP contribution < -0.4 is 5.32 Å². The molecule has 0 bridgehead atoms. The van der Waals surface area contributed by atoms with E-state index >= 15 is 0 Å². The van der Waals surface area contributed by atoms with Crippen LogP contribution in [0.5, 0.6) is 0 Å². The Morgan fingerprint density at radius 1 is 1.21 bits per heavy atom. The number of carbonyl (C=O) groups excluding carboxylic acids is 1. The van der Waals surface area contributed by atoms with Gasteiger partial charge < -0.3 is 5.32 Å². The monoisotopic (exact) mass is 330 g/mol. The summed E-state index contributed by atoms with van der Waals surface area (Å²) in [7, 11) is 0. The molecule has 130 valence electrons. The maximum Gasteiger partial charge on any atom is 0.223 e. The summed E-state index contributed by atoms with van der Waals surface area (Å²) in [6, 6.07) is 6.94. The molecule has 1 aromatic carbocycles. The van der Waals surface area contributed by atoms with E-state index in [9.17, 15) is 9.18 Å². The highest BCUT2D eigenvalue weighted by atomic mass is 19.1. The molecule has 1 aliphatic heterocycles. The zero-order valence-electron chi connectivity index (χ0n) is 14.3. The number of benzene rings is 1. The Bertz CT molecular complexity index is 591. The van der Waals surface area contributed by atoms with Crippen LogP contribution in [0.1, 0.15) is 44.1 Å². The van der Waals surface area contributed by atoms with Crippen molar-refractivity contribution in [1.29, 1.82) is 0 Å². The first-order valence-electron chi connectivity index (χ1n) is 9.14. The molecule has 1 saturated heterocycles. The van der Waals surface area contributed by atoms with Gasteiger partial charge in [-0.05, 0) is 57.7 Å². The molecule has 0 atom stereocenters. The Kier molecular flexibility index (Phi) is 6.02. The lowest BCUT2D eigenvalue weighted by Gasteiger charge is -2.31. The zero-order chi connectivity index (χ0) is 16.8. The maximum absolute atomic E-state index is 13.7. The molecular weight excluding hydrogens is 303 g/mol. The molecule has 0 saturated carbocycles. The summed E-state index contributed by atoms with van der Waals surface area (Å²) >= 11 is 0. The molecule has 0 aromatic heterocycles. The molecule has 1 aromatic rings. The van der Waals surface area contributed by atoms with Crippen molar-refractivity contribution in [1.82, 2.24) is 10.2 Å². The van der Waals surface area contributed by atoms with Gasteiger partial charge >= 0.3 is 0 Å². The van der Waals surface area contributed by atoms with Crippen molar-refractivity contribution < 1.29 is 9.18 Å². The number of hydrogen-bond donors (Lipinski definition) is 1. The molecule has 1 N–H and O–H groups in total. The van der Waals surface area contributed by atoms with E-state index in [0.717, 1.165) is 44.3 Å². The number of piperidine rings is 1. The molecule has 24 heavy (non-hydrogen) atoms. The minimum atomic E-state index is -0.141. The Hall–Kier alpha value is -1.68. The van der Waals surface area contributed by atoms with Crippen LogP contribution >= 0.6 is 0 Å². The van der Waals surface area contributed by atoms with E-state index in [0.29, 0.717) is 13.1 Å². The number of carbonyl (C=O) groups is 1. The van der Waals surface area contributed by atoms with Crippen LogP contribution in [0.3, 0.4) is 0 Å². The van der Waals surface area contributed by atoms with E-state index in [1.165, 1.54) is 24.5 Å². The van der Waals surface area contributed by atoms with Crippen molar-refractivity contribution in [3.63, 3.8) is 0 Å². The Balaban J connectivity index is 1.42. The van der Waals surface area contributed by atoms with Crippen molar-refractivity contribution in [3.8, 4) is 0 Å². The van der Waals surface area contributed by atoms with Crippen molar-refractivity contribution in [2.75, 3.05) is 19.6 Å². The van der Waals surface area contributed by atoms with E-state index in [4.69, 9.17) is 0 Å². The summed E-state index contributed by atoms with van der Waals surface area (Å²) in [6.07, 6.45) is 8.80. The van der Waals surface area contributed by atoms with Gasteiger partial charge in [-0.3, -0.25) is 9.69 Å². The van der Waals surface area contributed by atoms with Gasteiger partial charge in [0.2, 0.25) is 5.91 Å². The fraction of sp³-hybridized carbons (Fsp3) is 0.550. The molecule has 4 heteroatoms. The first-order chi connectivity index (χ1) is 11.7. The van der Waals surface area contributed by atoms with Crippen molar-refractivity contribution in [3.05, 3.63) is 47.3 Å². The third-order valence-corrected chi connectivity index (χ3v) is 5.18. The number of hydrogen-bond acceptors (Lipinski definition) is 2. The van der Waals surface area contributed by atoms with Gasteiger partial charge in [0.05, 0.1) is 0 Å². The highest BCUT2D eigenvalue weighted by Gasteiger charge is 2.25. The molecule has 1 aliphatic carbocycles. The van der Waals surface area contributed by atoms with E-state index in [1.54, 1.807) is 6.07 Å². The van der Waals surface area contributed by atoms with Crippen LogP contribution in [0.15, 0.2) is 35.9 Å². The predicted molar refractivity (Wildman–Crippen MR) is 94.0 cm³/mol. The molecule has 2 aliphatic rings. The highest BCUT2D eigenvalue weighted by Crippen LogP contribution is 2.21. The second-order valence-electron chi connectivity index (χ2n) is 6.97. The van der Waals surface area contributed by atoms with Gasteiger partial charge in [-0.25, -0.2) is 4.39 Å². The minimum Gasteiger partial charge on any atom is -0.352 e. The van der Waals surface area contributed by atoms with Gasteiger partial charge in [0.25, 0.3) is 0 Å². The SMILES string of the molecule is O=C(NCC1=CCCCC1)C1CCN(Cc2ccccc2F)CC1. The van der Waals surface area contributed by atoms with Crippen molar-refractivity contribution in [2.24, 2.45) is 5.92 Å². The fourth-order valence-corrected chi connectivity index (χ4v) is 3.63. The topological polar surface area (TPSA) is 32.3 Å². The first-order valence-corrected chi connectivity index (χ1v) is 9.14. The smallest absolute Gasteiger partial charge is 0.223 e. The van der Waals surface area contributed by atoms with E-state index in [-0.39, 0.29) is 17.6 Å². The van der Waals surface area contributed by atoms with Crippen molar-refractivity contribution >= 4 is 5.91 Å². The lowest BCUT2D eigenvalue weighted by molar-refractivity contribution is -0.126. The molecule has 0 spiro atoms. The molecule has 1 heterocycles. The number of rotatable bonds is 5. The second-order valence-corrected chi connectivity index (χ2v) is 6.97. The molecule has 0 unspecified atom stereocenters. The van der Waals surface area contributed by atoms with Crippen LogP contribution in [0.2, 0.25) is 0 Å². The fourth-order valence-electron chi connectivity index (χ4n) is 3.63. The van der Waals surface area contributed by atoms with Crippen molar-refractivity contribution in [2.45, 2.75) is 45.1 Å². The summed E-state index contributed by atoms with van der Waals surface area (Å²) in [5.41, 5.74) is 2.12. The number of nitrogens with one attached hydrogen (secondary N) is 1. The Morgan fingerprint density at radius 2 is 2.00 bits per heavy atom. The number of likely N-dealkylation sites (tertiary alicyclic amines) is 1. The molecule has 1 amide bonds. The average Bonchev–Trinajstić information content (AvgIpc) is 2.63. The van der Waals surface area contributed by atoms with Gasteiger partial charge in [0, 0.05) is 24.6 Å². The summed E-state index contributed by atoms with van der Waals surface area (Å²) in [4.78, 5) is 14.6. The lowest BCUT2D eigenvalue weighted by atomic mass is 9.95. The summed E-state index contributed by atoms with van der Waals surface area (Å²) in [5, 5.41) is 3.11. The van der Waals surface area contributed by atoms with Crippen LogP contribution in [-0.4, -0.2) is 30.4 Å². The van der Waals surface area contributed by atoms with Crippen LogP contribution in [0, 0.1) is 11.7 Å². The molecule has 3 rings (SSSR count). The van der Waals surface area contributed by atoms with Gasteiger partial charge in [-0.15, -0.1) is 0 Å². The van der Waals surface area contributed by atoms with Gasteiger partial charge in [0.15, 0.2) is 0 Å². The summed E-state index contributed by atoms with van der Waals surface area (Å²) < 4.78 is 13.7. The largest absolute Gasteiger partial charge is 0.352 e. The standard InChI is InChI=1S/C20H27FN2O/c21-19-9-5-4-8-18(19)15-23-12-10-17(11-13-23)20(24)22-14-16-6-2-1-3-7-16/h4-6,8-9,17H,1-3,7,10-15H2,(H,22,24). The predicted octanol–water partition coefficient (Wildman–Crippen LogP) is 3.65. The molecule has 0 radical (unpaired) electrons. The maximum atomic E-state index is 13.7. The lowest BCUT2D eigenvalue weighted by Crippen LogP contribution is -2.40. The Labute approximate surface area is 143 Å². The quantitative estimate of drug-likeness (QED) is 0.836. The second kappa shape index (κ2) is 8.43. The summed E-state index contributed by atoms with van der Waals surface area (Å²) in [6.45, 7) is 3.06. The van der Waals surface area contributed by atoms with E-state index in [2.05, 4.69) is 16.3 Å². The third-order valence-electron chi connectivity index (χ3n) is 5.18. The van der Waals surface area contributed by atoms with E-state index in [1.807, 2.05) is 12.1 Å². The Morgan fingerprint density at radius 3 is 2.71 bits per heavy atom. The third kappa shape index (κ3) is 4.67. The normalized spacial score (nSPS) is 19.8. The molecule has 1 fully saturated rings. The highest BCUT2D eigenvalue weighted by molar-refractivity contribution is 5.79.